The van der Waals surface area contributed by atoms with Crippen molar-refractivity contribution in [1.82, 2.24) is 9.97 Å². The number of nitro groups is 1. The lowest BCUT2D eigenvalue weighted by Crippen LogP contribution is -2.31. The standard InChI is InChI=1S/C12H18N4O3/c1-8-5-3-4-6-9(8)15-11-10(16(17)18)12(19-2)14-7-13-11/h7-9H,3-6H2,1-2H3,(H,13,14,15). The van der Waals surface area contributed by atoms with E-state index in [4.69, 9.17) is 4.74 Å². The van der Waals surface area contributed by atoms with Crippen LogP contribution in [0.25, 0.3) is 0 Å². The summed E-state index contributed by atoms with van der Waals surface area (Å²) in [7, 11) is 1.36. The highest BCUT2D eigenvalue weighted by atomic mass is 16.6. The van der Waals surface area contributed by atoms with Crippen LogP contribution in [-0.4, -0.2) is 28.0 Å². The van der Waals surface area contributed by atoms with Gasteiger partial charge in [-0.1, -0.05) is 19.8 Å². The zero-order valence-electron chi connectivity index (χ0n) is 11.1. The summed E-state index contributed by atoms with van der Waals surface area (Å²) < 4.78 is 4.93. The van der Waals surface area contributed by atoms with Gasteiger partial charge in [-0.2, -0.15) is 4.98 Å². The number of nitrogens with one attached hydrogen (secondary N) is 1. The summed E-state index contributed by atoms with van der Waals surface area (Å²) in [4.78, 5) is 18.4. The first-order valence-electron chi connectivity index (χ1n) is 6.43. The monoisotopic (exact) mass is 266 g/mol. The van der Waals surface area contributed by atoms with Crippen molar-refractivity contribution in [3.8, 4) is 5.88 Å². The van der Waals surface area contributed by atoms with Crippen molar-refractivity contribution in [3.63, 3.8) is 0 Å². The third-order valence-electron chi connectivity index (χ3n) is 3.60. The smallest absolute Gasteiger partial charge is 0.372 e. The lowest BCUT2D eigenvalue weighted by atomic mass is 9.86. The van der Waals surface area contributed by atoms with E-state index in [9.17, 15) is 10.1 Å². The van der Waals surface area contributed by atoms with E-state index in [2.05, 4.69) is 22.2 Å². The van der Waals surface area contributed by atoms with Gasteiger partial charge in [-0.25, -0.2) is 4.98 Å². The molecular weight excluding hydrogens is 248 g/mol. The van der Waals surface area contributed by atoms with Crippen LogP contribution in [0.4, 0.5) is 11.5 Å². The van der Waals surface area contributed by atoms with Crippen LogP contribution in [0.5, 0.6) is 5.88 Å². The Morgan fingerprint density at radius 3 is 2.79 bits per heavy atom. The molecule has 1 aromatic heterocycles. The molecule has 7 heteroatoms. The van der Waals surface area contributed by atoms with Crippen molar-refractivity contribution in [1.29, 1.82) is 0 Å². The number of aromatic nitrogens is 2. The Bertz CT molecular complexity index is 466. The summed E-state index contributed by atoms with van der Waals surface area (Å²) in [6.07, 6.45) is 5.77. The maximum atomic E-state index is 11.1. The molecule has 0 aromatic carbocycles. The van der Waals surface area contributed by atoms with Gasteiger partial charge in [-0.05, 0) is 18.8 Å². The van der Waals surface area contributed by atoms with E-state index in [0.29, 0.717) is 5.92 Å². The highest BCUT2D eigenvalue weighted by Crippen LogP contribution is 2.33. The quantitative estimate of drug-likeness (QED) is 0.664. The van der Waals surface area contributed by atoms with Gasteiger partial charge in [0.15, 0.2) is 0 Å². The number of rotatable bonds is 4. The topological polar surface area (TPSA) is 90.2 Å². The summed E-state index contributed by atoms with van der Waals surface area (Å²) in [5, 5.41) is 14.3. The number of methoxy groups -OCH3 is 1. The minimum Gasteiger partial charge on any atom is -0.476 e. The van der Waals surface area contributed by atoms with E-state index in [0.717, 1.165) is 19.3 Å². The van der Waals surface area contributed by atoms with Crippen LogP contribution in [0.15, 0.2) is 6.33 Å². The normalized spacial score (nSPS) is 22.8. The number of anilines is 1. The number of hydrogen-bond donors (Lipinski definition) is 1. The average molecular weight is 266 g/mol. The molecule has 0 aliphatic heterocycles. The molecule has 1 aromatic rings. The molecule has 0 saturated heterocycles. The predicted molar refractivity (Wildman–Crippen MR) is 70.3 cm³/mol. The molecule has 0 bridgehead atoms. The highest BCUT2D eigenvalue weighted by Gasteiger charge is 2.28. The third-order valence-corrected chi connectivity index (χ3v) is 3.60. The van der Waals surface area contributed by atoms with Gasteiger partial charge in [-0.15, -0.1) is 0 Å². The fraction of sp³-hybridized carbons (Fsp3) is 0.667. The molecular formula is C12H18N4O3. The minimum atomic E-state index is -0.505. The largest absolute Gasteiger partial charge is 0.476 e. The van der Waals surface area contributed by atoms with Crippen LogP contribution < -0.4 is 10.1 Å². The molecule has 1 aliphatic rings. The Kier molecular flexibility index (Phi) is 4.13. The second-order valence-electron chi connectivity index (χ2n) is 4.85. The van der Waals surface area contributed by atoms with Crippen molar-refractivity contribution in [2.24, 2.45) is 5.92 Å². The van der Waals surface area contributed by atoms with E-state index >= 15 is 0 Å². The van der Waals surface area contributed by atoms with Crippen molar-refractivity contribution in [2.75, 3.05) is 12.4 Å². The minimum absolute atomic E-state index is 0.00837. The van der Waals surface area contributed by atoms with Crippen LogP contribution in [0.1, 0.15) is 32.6 Å². The Balaban J connectivity index is 2.26. The SMILES string of the molecule is COc1ncnc(NC2CCCCC2C)c1[N+](=O)[O-]. The van der Waals surface area contributed by atoms with Crippen molar-refractivity contribution < 1.29 is 9.66 Å². The first-order chi connectivity index (χ1) is 9.13. The molecule has 1 heterocycles. The van der Waals surface area contributed by atoms with E-state index in [-0.39, 0.29) is 23.4 Å². The van der Waals surface area contributed by atoms with Gasteiger partial charge in [0.1, 0.15) is 6.33 Å². The lowest BCUT2D eigenvalue weighted by Gasteiger charge is -2.29. The average Bonchev–Trinajstić information content (AvgIpc) is 2.40. The molecule has 1 aliphatic carbocycles. The molecule has 2 unspecified atom stereocenters. The lowest BCUT2D eigenvalue weighted by molar-refractivity contribution is -0.385. The Labute approximate surface area is 111 Å². The van der Waals surface area contributed by atoms with Crippen LogP contribution in [-0.2, 0) is 0 Å². The summed E-state index contributed by atoms with van der Waals surface area (Å²) in [6, 6.07) is 0.215. The number of ether oxygens (including phenoxy) is 1. The zero-order chi connectivity index (χ0) is 13.8. The molecule has 2 atom stereocenters. The molecule has 7 nitrogen and oxygen atoms in total. The maximum Gasteiger partial charge on any atom is 0.372 e. The molecule has 19 heavy (non-hydrogen) atoms. The maximum absolute atomic E-state index is 11.1. The summed E-state index contributed by atoms with van der Waals surface area (Å²) in [5.74, 6) is 0.718. The number of nitrogens with zero attached hydrogens (tertiary/aromatic N) is 3. The summed E-state index contributed by atoms with van der Waals surface area (Å²) in [5.41, 5.74) is -0.192. The fourth-order valence-corrected chi connectivity index (χ4v) is 2.49. The van der Waals surface area contributed by atoms with Gasteiger partial charge in [0.25, 0.3) is 5.88 Å². The van der Waals surface area contributed by atoms with E-state index < -0.39 is 4.92 Å². The van der Waals surface area contributed by atoms with Crippen LogP contribution in [0.2, 0.25) is 0 Å². The molecule has 0 radical (unpaired) electrons. The van der Waals surface area contributed by atoms with E-state index in [1.54, 1.807) is 0 Å². The molecule has 1 saturated carbocycles. The molecule has 2 rings (SSSR count). The molecule has 104 valence electrons. The van der Waals surface area contributed by atoms with Crippen LogP contribution in [0, 0.1) is 16.0 Å². The van der Waals surface area contributed by atoms with Gasteiger partial charge in [0.05, 0.1) is 12.0 Å². The van der Waals surface area contributed by atoms with Crippen molar-refractivity contribution in [2.45, 2.75) is 38.6 Å². The molecule has 1 fully saturated rings. The van der Waals surface area contributed by atoms with Crippen molar-refractivity contribution >= 4 is 11.5 Å². The fourth-order valence-electron chi connectivity index (χ4n) is 2.49. The highest BCUT2D eigenvalue weighted by molar-refractivity contribution is 5.61. The van der Waals surface area contributed by atoms with Crippen LogP contribution >= 0.6 is 0 Å². The van der Waals surface area contributed by atoms with Crippen LogP contribution in [0.3, 0.4) is 0 Å². The van der Waals surface area contributed by atoms with Gasteiger partial charge < -0.3 is 10.1 Å². The van der Waals surface area contributed by atoms with Gasteiger partial charge >= 0.3 is 5.69 Å². The number of hydrogen-bond acceptors (Lipinski definition) is 6. The molecule has 1 N–H and O–H groups in total. The van der Waals surface area contributed by atoms with Gasteiger partial charge in [0.2, 0.25) is 5.82 Å². The predicted octanol–water partition coefficient (Wildman–Crippen LogP) is 2.38. The Hall–Kier alpha value is -1.92. The van der Waals surface area contributed by atoms with E-state index in [1.807, 2.05) is 0 Å². The zero-order valence-corrected chi connectivity index (χ0v) is 11.1. The summed E-state index contributed by atoms with van der Waals surface area (Å²) in [6.45, 7) is 2.15. The first-order valence-corrected chi connectivity index (χ1v) is 6.43. The Morgan fingerprint density at radius 1 is 1.42 bits per heavy atom. The Morgan fingerprint density at radius 2 is 2.16 bits per heavy atom. The van der Waals surface area contributed by atoms with E-state index in [1.165, 1.54) is 19.9 Å². The third kappa shape index (κ3) is 2.91. The van der Waals surface area contributed by atoms with Crippen molar-refractivity contribution in [3.05, 3.63) is 16.4 Å². The molecule has 0 spiro atoms. The second kappa shape index (κ2) is 5.81. The summed E-state index contributed by atoms with van der Waals surface area (Å²) >= 11 is 0. The molecule has 0 amide bonds. The second-order valence-corrected chi connectivity index (χ2v) is 4.85. The van der Waals surface area contributed by atoms with Gasteiger partial charge in [-0.3, -0.25) is 10.1 Å². The first kappa shape index (κ1) is 13.5. The van der Waals surface area contributed by atoms with Gasteiger partial charge in [0, 0.05) is 6.04 Å².